The van der Waals surface area contributed by atoms with Gasteiger partial charge in [-0.2, -0.15) is 28.4 Å². The predicted molar refractivity (Wildman–Crippen MR) is 160 cm³/mol. The Labute approximate surface area is 256 Å². The molecule has 1 unspecified atom stereocenters. The minimum atomic E-state index is -5.22. The van der Waals surface area contributed by atoms with Crippen LogP contribution in [0.5, 0.6) is 11.8 Å². The highest BCUT2D eigenvalue weighted by Gasteiger charge is 2.45. The van der Waals surface area contributed by atoms with Crippen molar-refractivity contribution >= 4 is 49.0 Å². The Balaban J connectivity index is 1.79. The first-order valence-corrected chi connectivity index (χ1v) is 14.1. The number of halogens is 5. The van der Waals surface area contributed by atoms with E-state index in [9.17, 15) is 9.65 Å². The molecule has 15 heteroatoms. The zero-order chi connectivity index (χ0) is 32.4. The predicted octanol–water partition coefficient (Wildman–Crippen LogP) is 6.76. The molecule has 0 amide bonds. The Morgan fingerprint density at radius 2 is 1.98 bits per heavy atom. The number of nitrogen functional groups attached to an aromatic ring is 2. The van der Waals surface area contributed by atoms with Gasteiger partial charge in [0.15, 0.2) is 5.82 Å². The molecule has 6 rings (SSSR count). The van der Waals surface area contributed by atoms with Crippen molar-refractivity contribution in [2.45, 2.75) is 25.2 Å². The Kier molecular flexibility index (Phi) is 7.12. The quantitative estimate of drug-likeness (QED) is 0.158. The van der Waals surface area contributed by atoms with Crippen molar-refractivity contribution in [1.29, 1.82) is 5.26 Å². The van der Waals surface area contributed by atoms with Gasteiger partial charge in [0.05, 0.1) is 34.8 Å². The van der Waals surface area contributed by atoms with Crippen molar-refractivity contribution in [2.75, 3.05) is 30.1 Å². The van der Waals surface area contributed by atoms with Crippen molar-refractivity contribution in [1.82, 2.24) is 15.0 Å². The Morgan fingerprint density at radius 3 is 2.62 bits per heavy atom. The van der Waals surface area contributed by atoms with Gasteiger partial charge in [0.2, 0.25) is 0 Å². The number of aromatic nitrogens is 3. The molecule has 0 radical (unpaired) electrons. The molecule has 4 N–H and O–H groups in total. The molecular weight excluding hydrogens is 617 g/mol. The van der Waals surface area contributed by atoms with Gasteiger partial charge in [-0.25, -0.2) is 13.8 Å². The van der Waals surface area contributed by atoms with E-state index in [0.717, 1.165) is 12.1 Å². The van der Waals surface area contributed by atoms with Gasteiger partial charge < -0.3 is 25.8 Å². The minimum absolute atomic E-state index is 0.136. The first-order chi connectivity index (χ1) is 21.4. The van der Waals surface area contributed by atoms with Crippen molar-refractivity contribution in [3.8, 4) is 29.0 Å². The first-order valence-electron chi connectivity index (χ1n) is 13.3. The molecule has 0 spiro atoms. The number of anilines is 3. The molecule has 230 valence electrons. The van der Waals surface area contributed by atoms with Crippen LogP contribution < -0.4 is 25.8 Å². The van der Waals surface area contributed by atoms with E-state index < -0.39 is 57.9 Å². The zero-order valence-electron chi connectivity index (χ0n) is 23.5. The van der Waals surface area contributed by atoms with Crippen molar-refractivity contribution in [3.05, 3.63) is 71.4 Å². The molecule has 0 fully saturated rings. The van der Waals surface area contributed by atoms with Crippen LogP contribution in [-0.2, 0) is 6.18 Å². The summed E-state index contributed by atoms with van der Waals surface area (Å²) in [5.41, 5.74) is 8.84. The number of thiophene rings is 1. The number of hydrogen-bond acceptors (Lipinski definition) is 10. The molecule has 0 aliphatic carbocycles. The second-order valence-corrected chi connectivity index (χ2v) is 11.1. The average Bonchev–Trinajstić information content (AvgIpc) is 3.26. The Bertz CT molecular complexity index is 2080. The van der Waals surface area contributed by atoms with Crippen LogP contribution >= 0.6 is 11.3 Å². The van der Waals surface area contributed by atoms with Gasteiger partial charge in [0.1, 0.15) is 52.0 Å². The highest BCUT2D eigenvalue weighted by atomic mass is 32.1. The first kappa shape index (κ1) is 29.8. The summed E-state index contributed by atoms with van der Waals surface area (Å²) in [6, 6.07) is 5.17. The average molecular weight is 640 g/mol. The van der Waals surface area contributed by atoms with Gasteiger partial charge in [-0.15, -0.1) is 17.9 Å². The molecule has 2 aromatic carbocycles. The molecule has 3 aromatic heterocycles. The molecule has 1 aliphatic rings. The molecule has 0 saturated carbocycles. The molecule has 0 saturated heterocycles. The van der Waals surface area contributed by atoms with Crippen LogP contribution in [0.4, 0.5) is 38.6 Å². The lowest BCUT2D eigenvalue weighted by Gasteiger charge is -2.35. The highest BCUT2D eigenvalue weighted by Crippen LogP contribution is 2.54. The number of methoxy groups -OCH3 is 1. The lowest BCUT2D eigenvalue weighted by molar-refractivity contribution is -0.138. The maximum absolute atomic E-state index is 16.9. The van der Waals surface area contributed by atoms with E-state index in [1.54, 1.807) is 30.0 Å². The second kappa shape index (κ2) is 10.7. The summed E-state index contributed by atoms with van der Waals surface area (Å²) in [6.07, 6.45) is -2.28. The second-order valence-electron chi connectivity index (χ2n) is 10.1. The molecule has 0 bridgehead atoms. The van der Waals surface area contributed by atoms with E-state index in [-0.39, 0.29) is 50.3 Å². The fourth-order valence-corrected chi connectivity index (χ4v) is 6.66. The molecule has 45 heavy (non-hydrogen) atoms. The number of hydrogen-bond donors (Lipinski definition) is 2. The third kappa shape index (κ3) is 4.51. The summed E-state index contributed by atoms with van der Waals surface area (Å²) in [4.78, 5) is 14.2. The Morgan fingerprint density at radius 1 is 1.22 bits per heavy atom. The van der Waals surface area contributed by atoms with Gasteiger partial charge in [-0.05, 0) is 24.6 Å². The van der Waals surface area contributed by atoms with Gasteiger partial charge in [-0.1, -0.05) is 18.2 Å². The van der Waals surface area contributed by atoms with Crippen LogP contribution in [0, 0.1) is 23.0 Å². The number of alkyl halides is 3. The number of nitriles is 1. The highest BCUT2D eigenvalue weighted by molar-refractivity contribution is 7.23. The summed E-state index contributed by atoms with van der Waals surface area (Å²) in [5, 5.41) is 9.00. The fraction of sp³-hybridized carbons (Fsp3) is 0.200. The van der Waals surface area contributed by atoms with E-state index in [1.807, 2.05) is 0 Å². The minimum Gasteiger partial charge on any atom is -0.490 e. The van der Waals surface area contributed by atoms with E-state index in [1.165, 1.54) is 19.4 Å². The van der Waals surface area contributed by atoms with Crippen LogP contribution in [0.2, 0.25) is 0 Å². The summed E-state index contributed by atoms with van der Waals surface area (Å²) >= 11 is 0.667. The van der Waals surface area contributed by atoms with E-state index >= 15 is 17.6 Å². The van der Waals surface area contributed by atoms with Gasteiger partial charge >= 0.3 is 12.2 Å². The lowest BCUT2D eigenvalue weighted by Crippen LogP contribution is -2.40. The number of pyridine rings is 1. The van der Waals surface area contributed by atoms with E-state index in [0.29, 0.717) is 16.9 Å². The maximum Gasteiger partial charge on any atom is 0.420 e. The van der Waals surface area contributed by atoms with Gasteiger partial charge in [0.25, 0.3) is 0 Å². The number of ether oxygens (including phenoxy) is 2. The molecule has 4 heterocycles. The summed E-state index contributed by atoms with van der Waals surface area (Å²) in [7, 11) is 1.22. The number of fused-ring (bicyclic) bond motifs is 1. The molecule has 5 aromatic rings. The van der Waals surface area contributed by atoms with E-state index in [4.69, 9.17) is 20.9 Å². The standard InChI is InChI=1S/C30H22F5N7O2S/c1-4-13-11-44-24-20-23(40-29(43-3)41-28(20)42(13)12(2)14-6-5-9-39-26(14)37)22(32)19(21(24)30(33,34)35)15-7-8-17(31)25-18(15)16(10-36)27(38)45-25/h4-9,12-13H,1,11,38H2,2-3H3,(H2,37,39)/t12?,13-/m0/s1. The van der Waals surface area contributed by atoms with Crippen LogP contribution in [-0.4, -0.2) is 34.7 Å². The molecule has 2 atom stereocenters. The smallest absolute Gasteiger partial charge is 0.420 e. The SMILES string of the molecule is C=C[C@H]1COc2c(C(F)(F)F)c(-c3ccc(F)c4sc(N)c(C#N)c34)c(F)c3nc(OC)nc(c23)N1C(C)c1cccnc1N. The number of nitrogens with zero attached hydrogens (tertiary/aromatic N) is 5. The lowest BCUT2D eigenvalue weighted by atomic mass is 9.91. The topological polar surface area (TPSA) is 136 Å². The van der Waals surface area contributed by atoms with Crippen molar-refractivity contribution < 1.29 is 31.4 Å². The third-order valence-electron chi connectivity index (χ3n) is 7.68. The van der Waals surface area contributed by atoms with Crippen molar-refractivity contribution in [3.63, 3.8) is 0 Å². The van der Waals surface area contributed by atoms with Crippen molar-refractivity contribution in [2.24, 2.45) is 0 Å². The summed E-state index contributed by atoms with van der Waals surface area (Å²) < 4.78 is 88.4. The monoisotopic (exact) mass is 639 g/mol. The van der Waals surface area contributed by atoms with Gasteiger partial charge in [-0.3, -0.25) is 0 Å². The largest absolute Gasteiger partial charge is 0.490 e. The molecular formula is C30H22F5N7O2S. The molecule has 1 aliphatic heterocycles. The van der Waals surface area contributed by atoms with E-state index in [2.05, 4.69) is 21.5 Å². The fourth-order valence-electron chi connectivity index (χ4n) is 5.71. The molecule has 9 nitrogen and oxygen atoms in total. The summed E-state index contributed by atoms with van der Waals surface area (Å²) in [6.45, 7) is 5.20. The van der Waals surface area contributed by atoms with Crippen LogP contribution in [0.3, 0.4) is 0 Å². The number of rotatable bonds is 5. The third-order valence-corrected chi connectivity index (χ3v) is 8.70. The normalized spacial score (nSPS) is 15.4. The van der Waals surface area contributed by atoms with Crippen LogP contribution in [0.1, 0.15) is 29.7 Å². The summed E-state index contributed by atoms with van der Waals surface area (Å²) in [5.74, 6) is -2.99. The zero-order valence-corrected chi connectivity index (χ0v) is 24.4. The van der Waals surface area contributed by atoms with Gasteiger partial charge in [0, 0.05) is 22.7 Å². The van der Waals surface area contributed by atoms with Crippen LogP contribution in [0.25, 0.3) is 32.1 Å². The number of nitrogens with two attached hydrogens (primary N) is 2. The van der Waals surface area contributed by atoms with Crippen LogP contribution in [0.15, 0.2) is 43.1 Å². The number of benzene rings is 2. The maximum atomic E-state index is 16.9. The Hall–Kier alpha value is -5.23.